The molecular weight excluding hydrogens is 1240 g/mol. The van der Waals surface area contributed by atoms with Crippen LogP contribution < -0.4 is 0 Å². The maximum Gasteiger partial charge on any atom is 0.420 e. The summed E-state index contributed by atoms with van der Waals surface area (Å²) in [5.74, 6) is -7.38. The van der Waals surface area contributed by atoms with Crippen LogP contribution in [0.15, 0.2) is 54.9 Å². The van der Waals surface area contributed by atoms with E-state index in [0.29, 0.717) is 56.7 Å². The second kappa shape index (κ2) is 33.6. The Bertz CT molecular complexity index is 3050. The lowest BCUT2D eigenvalue weighted by molar-refractivity contribution is -0.284. The number of hydrogen-bond donors (Lipinski definition) is 1. The van der Waals surface area contributed by atoms with Crippen molar-refractivity contribution in [1.29, 1.82) is 0 Å². The first-order chi connectivity index (χ1) is 45.3. The molecule has 0 aromatic carbocycles. The summed E-state index contributed by atoms with van der Waals surface area (Å²) in [6.07, 6.45) is 5.60. The molecule has 97 heavy (non-hydrogen) atoms. The summed E-state index contributed by atoms with van der Waals surface area (Å²) >= 11 is 0. The number of Topliss-reactive ketones (excluding diaryl/α,β-unsaturated/α-hetero) is 4. The number of allylic oxidation sites excluding steroid dienone is 1. The fraction of sp³-hybridized carbons (Fsp3) is 0.760. The Morgan fingerprint density at radius 3 is 1.76 bits per heavy atom. The molecule has 544 valence electrons. The van der Waals surface area contributed by atoms with Crippen LogP contribution in [0.2, 0.25) is 0 Å². The minimum Gasteiger partial charge on any atom is -0.457 e. The van der Waals surface area contributed by atoms with E-state index >= 15 is 0 Å². The molecule has 22 heteroatoms. The maximum atomic E-state index is 14.6. The number of carbonyl (C=O) groups excluding carboxylic acids is 8. The number of fused-ring (bicyclic) bond motifs is 1. The van der Waals surface area contributed by atoms with Gasteiger partial charge in [-0.3, -0.25) is 38.7 Å². The van der Waals surface area contributed by atoms with Gasteiger partial charge in [-0.25, -0.2) is 19.1 Å². The van der Waals surface area contributed by atoms with Crippen molar-refractivity contribution >= 4 is 47.3 Å². The quantitative estimate of drug-likeness (QED) is 0.105. The number of cyclic esters (lactones) is 2. The van der Waals surface area contributed by atoms with Gasteiger partial charge in [0.05, 0.1) is 30.5 Å². The first-order valence-electron chi connectivity index (χ1n) is 35.7. The summed E-state index contributed by atoms with van der Waals surface area (Å²) < 4.78 is 51.3. The third kappa shape index (κ3) is 18.4. The van der Waals surface area contributed by atoms with Gasteiger partial charge in [-0.2, -0.15) is 0 Å². The zero-order valence-electron chi connectivity index (χ0n) is 62.2. The van der Waals surface area contributed by atoms with Gasteiger partial charge in [-0.15, -0.1) is 0 Å². The van der Waals surface area contributed by atoms with E-state index in [1.807, 2.05) is 102 Å². The number of ketones is 4. The van der Waals surface area contributed by atoms with Crippen molar-refractivity contribution in [3.63, 3.8) is 0 Å². The number of imidazole rings is 1. The van der Waals surface area contributed by atoms with Crippen molar-refractivity contribution in [2.24, 2.45) is 70.0 Å². The lowest BCUT2D eigenvalue weighted by Gasteiger charge is -2.46. The topological polar surface area (TPSA) is 268 Å². The molecule has 1 N–H and O–H groups in total. The van der Waals surface area contributed by atoms with E-state index in [9.17, 15) is 43.5 Å². The molecule has 22 nitrogen and oxygen atoms in total. The van der Waals surface area contributed by atoms with Crippen LogP contribution in [0.25, 0.3) is 0 Å². The van der Waals surface area contributed by atoms with Crippen molar-refractivity contribution in [1.82, 2.24) is 24.3 Å². The Balaban J connectivity index is 0.000000310. The van der Waals surface area contributed by atoms with Gasteiger partial charge in [0, 0.05) is 79.9 Å². The van der Waals surface area contributed by atoms with Gasteiger partial charge in [-0.05, 0) is 139 Å². The van der Waals surface area contributed by atoms with Crippen LogP contribution in [-0.4, -0.2) is 169 Å². The Hall–Kier alpha value is -5.78. The predicted octanol–water partition coefficient (Wildman–Crippen LogP) is 12.0. The number of rotatable bonds is 14. The van der Waals surface area contributed by atoms with Gasteiger partial charge >= 0.3 is 24.1 Å². The summed E-state index contributed by atoms with van der Waals surface area (Å²) in [5.41, 5.74) is -2.80. The number of esters is 2. The highest BCUT2D eigenvalue weighted by Gasteiger charge is 2.62. The SMILES string of the molecule is CC[C@H]1OC(=O)[C@H](C)C(=O)[C@H](C)[C@@H](OC2O[C@H](C)C[C@H](C)[C@H]2C)C(C)(C)C[C@@H](C)C(=O)/C(C)=C/[C@]1(CC)OC(=O)n1ccnc1.CC[C@H]1OC(=O)[C@H](C)C(=O)[C@H](C)[C@@H](OC2O[C@H](C)C[C@H](C)[C@H]2O)C(C)(C)C[C@@H](C)C(=O)[C@H](C)[C@H]2N(CCN(C)Cc3cccnc3)C(=O)O[C@]12CC. The monoisotopic (exact) mass is 1360 g/mol. The van der Waals surface area contributed by atoms with Gasteiger partial charge < -0.3 is 47.9 Å². The Labute approximate surface area is 577 Å². The zero-order chi connectivity index (χ0) is 72.6. The molecule has 4 fully saturated rings. The highest BCUT2D eigenvalue weighted by atomic mass is 16.7. The average molecular weight is 1360 g/mol. The molecule has 5 aliphatic heterocycles. The van der Waals surface area contributed by atoms with Crippen LogP contribution in [0.1, 0.15) is 202 Å². The molecule has 1 amide bonds. The fourth-order valence-corrected chi connectivity index (χ4v) is 16.2. The highest BCUT2D eigenvalue weighted by molar-refractivity contribution is 6.01. The maximum absolute atomic E-state index is 14.6. The molecule has 2 unspecified atom stereocenters. The molecule has 22 atom stereocenters. The summed E-state index contributed by atoms with van der Waals surface area (Å²) in [4.78, 5) is 123. The number of pyridine rings is 1. The Morgan fingerprint density at radius 1 is 0.691 bits per heavy atom. The number of likely N-dealkylation sites (N-methyl/N-ethyl adjacent to an activating group) is 1. The van der Waals surface area contributed by atoms with Crippen molar-refractivity contribution in [2.75, 3.05) is 20.1 Å². The first kappa shape index (κ1) is 80.2. The molecule has 0 spiro atoms. The second-order valence-electron chi connectivity index (χ2n) is 30.6. The van der Waals surface area contributed by atoms with Gasteiger partial charge in [0.1, 0.15) is 42.3 Å². The predicted molar refractivity (Wildman–Crippen MR) is 364 cm³/mol. The number of amides is 1. The van der Waals surface area contributed by atoms with E-state index in [4.69, 9.17) is 37.9 Å². The standard InChI is InChI=1S/C40H63N3O9.C35H54N2O8/c1-12-30-40(13-2)34(43(38(48)52-40)18-17-42(11)22-29-15-14-16-41-21-29)26(6)31(44)24(4)20-39(9,10)35(27(7)33(46)28(8)36(47)50-30)51-37-32(45)23(3)19-25(5)49-37;1-12-27-35(13-2,45-33(41)37-15-14-36-19-37)18-22(5)28(38)21(4)17-34(10,11)30(25(8)29(39)26(9)31(40)43-27)44-32-24(7)20(3)16-23(6)42-32/h14-16,21,23-28,30,32,34-35,37,45H,12-13,17-20,22H2,1-11H3;14-15,18-21,23-27,30,32H,12-13,16-17H2,1-11H3/b;22-18+/t23-,24+,25+,26-,27-,28+,30+,32+,34+,35+,37?,40+;20-,21+,23+,24+,25-,26+,27+,30+,32?,35-/m00/s1. The van der Waals surface area contributed by atoms with E-state index in [1.165, 1.54) is 30.2 Å². The summed E-state index contributed by atoms with van der Waals surface area (Å²) in [6.45, 7) is 40.6. The summed E-state index contributed by atoms with van der Waals surface area (Å²) in [5, 5.41) is 11.1. The average Bonchev–Trinajstić information content (AvgIpc) is 1.63. The molecule has 0 bridgehead atoms. The normalized spacial score (nSPS) is 37.9. The molecule has 2 aromatic rings. The minimum atomic E-state index is -1.47. The number of ether oxygens (including phenoxy) is 8. The molecule has 0 aliphatic carbocycles. The lowest BCUT2D eigenvalue weighted by atomic mass is 9.69. The highest BCUT2D eigenvalue weighted by Crippen LogP contribution is 2.47. The number of aromatic nitrogens is 3. The van der Waals surface area contributed by atoms with Crippen LogP contribution in [0, 0.1) is 70.0 Å². The molecule has 0 saturated carbocycles. The lowest BCUT2D eigenvalue weighted by Crippen LogP contribution is -2.60. The number of nitrogens with zero attached hydrogens (tertiary/aromatic N) is 5. The third-order valence-electron chi connectivity index (χ3n) is 21.9. The fourth-order valence-electron chi connectivity index (χ4n) is 16.2. The summed E-state index contributed by atoms with van der Waals surface area (Å²) in [7, 11) is 1.96. The van der Waals surface area contributed by atoms with Crippen molar-refractivity contribution in [3.05, 3.63) is 60.5 Å². The second-order valence-corrected chi connectivity index (χ2v) is 30.6. The van der Waals surface area contributed by atoms with Gasteiger partial charge in [-0.1, -0.05) is 117 Å². The van der Waals surface area contributed by atoms with E-state index in [0.717, 1.165) is 12.0 Å². The van der Waals surface area contributed by atoms with Gasteiger partial charge in [0.2, 0.25) is 0 Å². The van der Waals surface area contributed by atoms with Gasteiger partial charge in [0.15, 0.2) is 41.1 Å². The molecule has 4 saturated heterocycles. The van der Waals surface area contributed by atoms with Crippen LogP contribution in [0.3, 0.4) is 0 Å². The first-order valence-corrected chi connectivity index (χ1v) is 35.7. The Morgan fingerprint density at radius 2 is 1.24 bits per heavy atom. The van der Waals surface area contributed by atoms with Crippen LogP contribution in [0.5, 0.6) is 0 Å². The van der Waals surface area contributed by atoms with Crippen molar-refractivity contribution in [2.45, 2.75) is 276 Å². The molecule has 2 aromatic heterocycles. The molecule has 5 aliphatic rings. The van der Waals surface area contributed by atoms with E-state index in [-0.39, 0.29) is 66.6 Å². The molecule has 7 heterocycles. The third-order valence-corrected chi connectivity index (χ3v) is 21.9. The van der Waals surface area contributed by atoms with Crippen LogP contribution in [0.4, 0.5) is 9.59 Å². The van der Waals surface area contributed by atoms with Crippen LogP contribution in [-0.2, 0) is 73.2 Å². The molecular formula is C75H117N5O17. The smallest absolute Gasteiger partial charge is 0.420 e. The number of aliphatic hydroxyl groups excluding tert-OH is 1. The summed E-state index contributed by atoms with van der Waals surface area (Å²) in [6, 6.07) is 3.14. The number of carbonyl (C=O) groups is 8. The van der Waals surface area contributed by atoms with Crippen molar-refractivity contribution in [3.8, 4) is 0 Å². The zero-order valence-corrected chi connectivity index (χ0v) is 62.2. The largest absolute Gasteiger partial charge is 0.457 e. The van der Waals surface area contributed by atoms with E-state index in [1.54, 1.807) is 64.9 Å². The van der Waals surface area contributed by atoms with E-state index < -0.39 is 137 Å². The van der Waals surface area contributed by atoms with Crippen LogP contribution >= 0.6 is 0 Å². The van der Waals surface area contributed by atoms with E-state index in [2.05, 4.69) is 28.7 Å². The number of hydrogen-bond acceptors (Lipinski definition) is 20. The Kier molecular flexibility index (Phi) is 27.8. The molecule has 7 rings (SSSR count). The minimum absolute atomic E-state index is 0.00343. The molecule has 0 radical (unpaired) electrons. The van der Waals surface area contributed by atoms with Gasteiger partial charge in [0.25, 0.3) is 0 Å². The number of aliphatic hydroxyl groups is 1. The van der Waals surface area contributed by atoms with Crippen molar-refractivity contribution < 1.29 is 81.4 Å².